The Bertz CT molecular complexity index is 825. The van der Waals surface area contributed by atoms with Gasteiger partial charge in [0.05, 0.1) is 7.11 Å². The van der Waals surface area contributed by atoms with Gasteiger partial charge in [0.15, 0.2) is 23.9 Å². The maximum absolute atomic E-state index is 12.6. The van der Waals surface area contributed by atoms with Crippen LogP contribution < -0.4 is 14.8 Å². The molecule has 0 aliphatic carbocycles. The zero-order chi connectivity index (χ0) is 19.4. The highest BCUT2D eigenvalue weighted by molar-refractivity contribution is 9.10. The largest absolute Gasteiger partial charge is 0.493 e. The molecule has 1 amide bonds. The van der Waals surface area contributed by atoms with E-state index in [9.17, 15) is 9.59 Å². The molecule has 0 aliphatic rings. The predicted molar refractivity (Wildman–Crippen MR) is 105 cm³/mol. The first-order valence-electron chi connectivity index (χ1n) is 8.15. The van der Waals surface area contributed by atoms with E-state index in [2.05, 4.69) is 21.2 Å². The number of ether oxygens (including phenoxy) is 2. The summed E-state index contributed by atoms with van der Waals surface area (Å²) in [5, 5.41) is 2.92. The Morgan fingerprint density at radius 2 is 1.73 bits per heavy atom. The van der Waals surface area contributed by atoms with Crippen LogP contribution in [0.4, 0.5) is 5.69 Å². The second-order valence-corrected chi connectivity index (χ2v) is 7.02. The lowest BCUT2D eigenvalue weighted by Gasteiger charge is -2.19. The van der Waals surface area contributed by atoms with Crippen LogP contribution in [0, 0.1) is 20.8 Å². The molecule has 0 aliphatic heterocycles. The molecule has 0 radical (unpaired) electrons. The van der Waals surface area contributed by atoms with Gasteiger partial charge in [0.1, 0.15) is 0 Å². The number of hydrogen-bond acceptors (Lipinski definition) is 4. The molecule has 5 nitrogen and oxygen atoms in total. The lowest BCUT2D eigenvalue weighted by Crippen LogP contribution is -2.30. The van der Waals surface area contributed by atoms with Gasteiger partial charge >= 0.3 is 0 Å². The molecule has 0 bridgehead atoms. The number of carbonyl (C=O) groups is 2. The van der Waals surface area contributed by atoms with Crippen molar-refractivity contribution in [3.8, 4) is 11.5 Å². The molecule has 1 atom stereocenters. The molecule has 0 fully saturated rings. The standard InChI is InChI=1S/C20H22BrNO4/c1-11-6-12(2)19(13(3)7-11)22-20(24)14(4)26-18-8-15(10-23)16(21)9-17(18)25-5/h6-10,14H,1-5H3,(H,22,24)/t14-/m1/s1. The van der Waals surface area contributed by atoms with Crippen LogP contribution in [0.5, 0.6) is 11.5 Å². The first-order valence-corrected chi connectivity index (χ1v) is 8.94. The average Bonchev–Trinajstić information content (AvgIpc) is 2.58. The van der Waals surface area contributed by atoms with Crippen LogP contribution in [0.1, 0.15) is 34.0 Å². The van der Waals surface area contributed by atoms with Crippen molar-refractivity contribution in [2.24, 2.45) is 0 Å². The van der Waals surface area contributed by atoms with E-state index in [1.807, 2.05) is 32.9 Å². The van der Waals surface area contributed by atoms with Crippen molar-refractivity contribution >= 4 is 33.8 Å². The highest BCUT2D eigenvalue weighted by Crippen LogP contribution is 2.33. The summed E-state index contributed by atoms with van der Waals surface area (Å²) in [6, 6.07) is 7.21. The quantitative estimate of drug-likeness (QED) is 0.694. The number of halogens is 1. The Morgan fingerprint density at radius 3 is 2.27 bits per heavy atom. The Balaban J connectivity index is 2.21. The number of aldehydes is 1. The fraction of sp³-hybridized carbons (Fsp3) is 0.300. The molecule has 1 N–H and O–H groups in total. The number of carbonyl (C=O) groups excluding carboxylic acids is 2. The maximum Gasteiger partial charge on any atom is 0.265 e. The Kier molecular flexibility index (Phi) is 6.42. The molecule has 0 heterocycles. The zero-order valence-electron chi connectivity index (χ0n) is 15.5. The molecule has 0 spiro atoms. The molecular weight excluding hydrogens is 398 g/mol. The number of methoxy groups -OCH3 is 1. The van der Waals surface area contributed by atoms with Gasteiger partial charge in [0.2, 0.25) is 0 Å². The monoisotopic (exact) mass is 419 g/mol. The number of aryl methyl sites for hydroxylation is 3. The molecule has 0 aromatic heterocycles. The lowest BCUT2D eigenvalue weighted by atomic mass is 10.0. The molecular formula is C20H22BrNO4. The topological polar surface area (TPSA) is 64.6 Å². The van der Waals surface area contributed by atoms with Crippen molar-refractivity contribution in [3.05, 3.63) is 51.0 Å². The van der Waals surface area contributed by atoms with Gasteiger partial charge in [0, 0.05) is 15.7 Å². The third-order valence-corrected chi connectivity index (χ3v) is 4.69. The first-order chi connectivity index (χ1) is 12.3. The number of nitrogens with one attached hydrogen (secondary N) is 1. The van der Waals surface area contributed by atoms with E-state index >= 15 is 0 Å². The number of hydrogen-bond donors (Lipinski definition) is 1. The summed E-state index contributed by atoms with van der Waals surface area (Å²) >= 11 is 3.30. The highest BCUT2D eigenvalue weighted by atomic mass is 79.9. The van der Waals surface area contributed by atoms with Crippen LogP contribution >= 0.6 is 15.9 Å². The van der Waals surface area contributed by atoms with Crippen molar-refractivity contribution in [2.75, 3.05) is 12.4 Å². The summed E-state index contributed by atoms with van der Waals surface area (Å²) in [5.74, 6) is 0.486. The molecule has 2 aromatic rings. The second kappa shape index (κ2) is 8.36. The summed E-state index contributed by atoms with van der Waals surface area (Å²) in [6.45, 7) is 7.57. The number of rotatable bonds is 6. The molecule has 0 saturated heterocycles. The van der Waals surface area contributed by atoms with E-state index in [4.69, 9.17) is 9.47 Å². The number of benzene rings is 2. The molecule has 6 heteroatoms. The normalized spacial score (nSPS) is 11.6. The average molecular weight is 420 g/mol. The van der Waals surface area contributed by atoms with Gasteiger partial charge in [-0.3, -0.25) is 9.59 Å². The summed E-state index contributed by atoms with van der Waals surface area (Å²) in [6.07, 6.45) is -0.0650. The van der Waals surface area contributed by atoms with Crippen LogP contribution in [0.25, 0.3) is 0 Å². The van der Waals surface area contributed by atoms with Crippen molar-refractivity contribution in [1.82, 2.24) is 0 Å². The summed E-state index contributed by atoms with van der Waals surface area (Å²) in [5.41, 5.74) is 4.33. The van der Waals surface area contributed by atoms with Crippen molar-refractivity contribution in [1.29, 1.82) is 0 Å². The van der Waals surface area contributed by atoms with Gasteiger partial charge in [-0.2, -0.15) is 0 Å². The molecule has 2 aromatic carbocycles. The van der Waals surface area contributed by atoms with Gasteiger partial charge in [0.25, 0.3) is 5.91 Å². The van der Waals surface area contributed by atoms with Crippen LogP contribution in [0.15, 0.2) is 28.7 Å². The lowest BCUT2D eigenvalue weighted by molar-refractivity contribution is -0.122. The fourth-order valence-electron chi connectivity index (χ4n) is 2.74. The molecule has 26 heavy (non-hydrogen) atoms. The first kappa shape index (κ1) is 20.0. The Labute approximate surface area is 161 Å². The number of amides is 1. The van der Waals surface area contributed by atoms with Crippen molar-refractivity contribution in [3.63, 3.8) is 0 Å². The predicted octanol–water partition coefficient (Wildman–Crippen LogP) is 4.60. The van der Waals surface area contributed by atoms with Crippen LogP contribution in [0.2, 0.25) is 0 Å². The summed E-state index contributed by atoms with van der Waals surface area (Å²) in [4.78, 5) is 23.7. The highest BCUT2D eigenvalue weighted by Gasteiger charge is 2.20. The van der Waals surface area contributed by atoms with E-state index in [-0.39, 0.29) is 5.91 Å². The zero-order valence-corrected chi connectivity index (χ0v) is 17.1. The molecule has 0 saturated carbocycles. The molecule has 0 unspecified atom stereocenters. The van der Waals surface area contributed by atoms with E-state index in [1.54, 1.807) is 19.1 Å². The van der Waals surface area contributed by atoms with Gasteiger partial charge in [-0.05, 0) is 66.9 Å². The second-order valence-electron chi connectivity index (χ2n) is 6.17. The summed E-state index contributed by atoms with van der Waals surface area (Å²) in [7, 11) is 1.50. The Hall–Kier alpha value is -2.34. The minimum absolute atomic E-state index is 0.280. The van der Waals surface area contributed by atoms with E-state index < -0.39 is 6.10 Å². The maximum atomic E-state index is 12.6. The van der Waals surface area contributed by atoms with Crippen LogP contribution in [-0.2, 0) is 4.79 Å². The van der Waals surface area contributed by atoms with E-state index in [1.165, 1.54) is 7.11 Å². The Morgan fingerprint density at radius 1 is 1.12 bits per heavy atom. The van der Waals surface area contributed by atoms with Gasteiger partial charge in [-0.25, -0.2) is 0 Å². The smallest absolute Gasteiger partial charge is 0.265 e. The summed E-state index contributed by atoms with van der Waals surface area (Å²) < 4.78 is 11.6. The fourth-order valence-corrected chi connectivity index (χ4v) is 3.15. The number of anilines is 1. The van der Waals surface area contributed by atoms with E-state index in [0.29, 0.717) is 27.8 Å². The van der Waals surface area contributed by atoms with Gasteiger partial charge in [-0.15, -0.1) is 0 Å². The van der Waals surface area contributed by atoms with Crippen LogP contribution in [-0.4, -0.2) is 25.4 Å². The van der Waals surface area contributed by atoms with Crippen molar-refractivity contribution < 1.29 is 19.1 Å². The van der Waals surface area contributed by atoms with Crippen LogP contribution in [0.3, 0.4) is 0 Å². The minimum Gasteiger partial charge on any atom is -0.493 e. The van der Waals surface area contributed by atoms with Gasteiger partial charge < -0.3 is 14.8 Å². The van der Waals surface area contributed by atoms with E-state index in [0.717, 1.165) is 22.4 Å². The third kappa shape index (κ3) is 4.43. The molecule has 138 valence electrons. The third-order valence-electron chi connectivity index (χ3n) is 4.01. The minimum atomic E-state index is -0.773. The molecule has 2 rings (SSSR count). The SMILES string of the molecule is COc1cc(Br)c(C=O)cc1O[C@H](C)C(=O)Nc1c(C)cc(C)cc1C. The van der Waals surface area contributed by atoms with Crippen molar-refractivity contribution in [2.45, 2.75) is 33.8 Å². The van der Waals surface area contributed by atoms with Gasteiger partial charge in [-0.1, -0.05) is 17.7 Å².